The van der Waals surface area contributed by atoms with Crippen molar-refractivity contribution < 1.29 is 4.74 Å². The first-order chi connectivity index (χ1) is 13.4. The second-order valence-electron chi connectivity index (χ2n) is 6.34. The SMILES string of the molecule is c1ccc(-n2ccc(-c3nc(N4CCOCC4)c4cnccc4n3)n2)cc1. The molecule has 1 saturated heterocycles. The van der Waals surface area contributed by atoms with Gasteiger partial charge in [0, 0.05) is 31.7 Å². The number of fused-ring (bicyclic) bond motifs is 1. The van der Waals surface area contributed by atoms with Crippen LogP contribution in [0.4, 0.5) is 5.82 Å². The Morgan fingerprint density at radius 3 is 2.63 bits per heavy atom. The van der Waals surface area contributed by atoms with Crippen LogP contribution in [0.5, 0.6) is 0 Å². The number of hydrogen-bond donors (Lipinski definition) is 0. The lowest BCUT2D eigenvalue weighted by atomic mass is 10.2. The van der Waals surface area contributed by atoms with Crippen LogP contribution < -0.4 is 4.90 Å². The molecule has 0 unspecified atom stereocenters. The summed E-state index contributed by atoms with van der Waals surface area (Å²) >= 11 is 0. The third kappa shape index (κ3) is 3.02. The van der Waals surface area contributed by atoms with Crippen molar-refractivity contribution in [2.75, 3.05) is 31.2 Å². The molecule has 0 radical (unpaired) electrons. The average molecular weight is 358 g/mol. The number of nitrogens with zero attached hydrogens (tertiary/aromatic N) is 6. The van der Waals surface area contributed by atoms with Crippen LogP contribution in [0.1, 0.15) is 0 Å². The molecule has 5 rings (SSSR count). The summed E-state index contributed by atoms with van der Waals surface area (Å²) in [6.45, 7) is 3.01. The maximum Gasteiger partial charge on any atom is 0.182 e. The summed E-state index contributed by atoms with van der Waals surface area (Å²) in [4.78, 5) is 16.1. The van der Waals surface area contributed by atoms with Crippen LogP contribution in [-0.4, -0.2) is 51.0 Å². The van der Waals surface area contributed by atoms with E-state index >= 15 is 0 Å². The van der Waals surface area contributed by atoms with Crippen molar-refractivity contribution >= 4 is 16.7 Å². The number of anilines is 1. The lowest BCUT2D eigenvalue weighted by molar-refractivity contribution is 0.122. The second kappa shape index (κ2) is 6.77. The van der Waals surface area contributed by atoms with Crippen molar-refractivity contribution in [2.45, 2.75) is 0 Å². The smallest absolute Gasteiger partial charge is 0.182 e. The topological polar surface area (TPSA) is 69.0 Å². The molecule has 0 bridgehead atoms. The number of benzene rings is 1. The highest BCUT2D eigenvalue weighted by atomic mass is 16.5. The van der Waals surface area contributed by atoms with Gasteiger partial charge in [0.05, 0.1) is 29.8 Å². The number of pyridine rings is 1. The molecule has 1 aromatic carbocycles. The number of morpholine rings is 1. The lowest BCUT2D eigenvalue weighted by Gasteiger charge is -2.28. The molecule has 0 saturated carbocycles. The molecule has 0 spiro atoms. The number of ether oxygens (including phenoxy) is 1. The van der Waals surface area contributed by atoms with E-state index in [-0.39, 0.29) is 0 Å². The van der Waals surface area contributed by atoms with E-state index in [1.807, 2.05) is 59.5 Å². The Hall–Kier alpha value is -3.32. The van der Waals surface area contributed by atoms with Gasteiger partial charge in [-0.2, -0.15) is 5.10 Å². The van der Waals surface area contributed by atoms with Gasteiger partial charge in [0.2, 0.25) is 0 Å². The van der Waals surface area contributed by atoms with E-state index in [1.165, 1.54) is 0 Å². The summed E-state index contributed by atoms with van der Waals surface area (Å²) in [5.74, 6) is 1.51. The average Bonchev–Trinajstić information content (AvgIpc) is 3.25. The number of para-hydroxylation sites is 1. The van der Waals surface area contributed by atoms with Gasteiger partial charge >= 0.3 is 0 Å². The summed E-state index contributed by atoms with van der Waals surface area (Å²) in [5.41, 5.74) is 2.61. The molecule has 4 aromatic rings. The summed E-state index contributed by atoms with van der Waals surface area (Å²) in [6, 6.07) is 13.9. The standard InChI is InChI=1S/C20H18N6O/c1-2-4-15(5-3-1)26-9-7-18(24-26)19-22-17-6-8-21-14-16(17)20(23-19)25-10-12-27-13-11-25/h1-9,14H,10-13H2. The zero-order valence-corrected chi connectivity index (χ0v) is 14.7. The van der Waals surface area contributed by atoms with Gasteiger partial charge in [-0.1, -0.05) is 18.2 Å². The molecule has 134 valence electrons. The summed E-state index contributed by atoms with van der Waals surface area (Å²) in [7, 11) is 0. The normalized spacial score (nSPS) is 14.6. The quantitative estimate of drug-likeness (QED) is 0.561. The van der Waals surface area contributed by atoms with Crippen LogP contribution in [0.15, 0.2) is 61.1 Å². The number of aromatic nitrogens is 5. The van der Waals surface area contributed by atoms with Gasteiger partial charge in [-0.15, -0.1) is 0 Å². The molecule has 4 heterocycles. The Balaban J connectivity index is 1.60. The lowest BCUT2D eigenvalue weighted by Crippen LogP contribution is -2.37. The summed E-state index contributed by atoms with van der Waals surface area (Å²) in [5, 5.41) is 5.63. The van der Waals surface area contributed by atoms with E-state index in [4.69, 9.17) is 14.7 Å². The van der Waals surface area contributed by atoms with Crippen LogP contribution in [0.3, 0.4) is 0 Å². The van der Waals surface area contributed by atoms with Crippen LogP contribution in [-0.2, 0) is 4.74 Å². The highest BCUT2D eigenvalue weighted by Gasteiger charge is 2.19. The van der Waals surface area contributed by atoms with Gasteiger partial charge in [-0.05, 0) is 24.3 Å². The predicted octanol–water partition coefficient (Wildman–Crippen LogP) is 2.71. The van der Waals surface area contributed by atoms with Crippen molar-refractivity contribution in [1.29, 1.82) is 0 Å². The van der Waals surface area contributed by atoms with Crippen LogP contribution in [0, 0.1) is 0 Å². The fourth-order valence-electron chi connectivity index (χ4n) is 3.26. The van der Waals surface area contributed by atoms with Gasteiger partial charge in [0.25, 0.3) is 0 Å². The van der Waals surface area contributed by atoms with Crippen molar-refractivity contribution in [3.63, 3.8) is 0 Å². The minimum atomic E-state index is 0.616. The van der Waals surface area contributed by atoms with Crippen molar-refractivity contribution in [3.8, 4) is 17.2 Å². The van der Waals surface area contributed by atoms with Crippen molar-refractivity contribution in [2.24, 2.45) is 0 Å². The van der Waals surface area contributed by atoms with E-state index in [9.17, 15) is 0 Å². The van der Waals surface area contributed by atoms with Crippen LogP contribution in [0.2, 0.25) is 0 Å². The van der Waals surface area contributed by atoms with Crippen molar-refractivity contribution in [3.05, 3.63) is 61.1 Å². The Morgan fingerprint density at radius 1 is 0.926 bits per heavy atom. The van der Waals surface area contributed by atoms with Gasteiger partial charge in [-0.3, -0.25) is 4.98 Å². The fraction of sp³-hybridized carbons (Fsp3) is 0.200. The number of hydrogen-bond acceptors (Lipinski definition) is 6. The Bertz CT molecular complexity index is 1070. The molecule has 7 nitrogen and oxygen atoms in total. The van der Waals surface area contributed by atoms with E-state index in [1.54, 1.807) is 6.20 Å². The molecule has 27 heavy (non-hydrogen) atoms. The fourth-order valence-corrected chi connectivity index (χ4v) is 3.26. The monoisotopic (exact) mass is 358 g/mol. The highest BCUT2D eigenvalue weighted by molar-refractivity contribution is 5.90. The van der Waals surface area contributed by atoms with Crippen molar-refractivity contribution in [1.82, 2.24) is 24.7 Å². The second-order valence-corrected chi connectivity index (χ2v) is 6.34. The Labute approximate surface area is 156 Å². The zero-order valence-electron chi connectivity index (χ0n) is 14.7. The zero-order chi connectivity index (χ0) is 18.1. The Kier molecular flexibility index (Phi) is 3.99. The van der Waals surface area contributed by atoms with E-state index < -0.39 is 0 Å². The largest absolute Gasteiger partial charge is 0.378 e. The minimum Gasteiger partial charge on any atom is -0.378 e. The van der Waals surface area contributed by atoms with E-state index in [0.29, 0.717) is 19.0 Å². The third-order valence-corrected chi connectivity index (χ3v) is 4.63. The molecule has 0 aliphatic carbocycles. The molecule has 3 aromatic heterocycles. The van der Waals surface area contributed by atoms with E-state index in [0.717, 1.165) is 41.2 Å². The van der Waals surface area contributed by atoms with Gasteiger partial charge in [-0.25, -0.2) is 14.6 Å². The summed E-state index contributed by atoms with van der Waals surface area (Å²) in [6.07, 6.45) is 5.51. The molecule has 0 atom stereocenters. The maximum absolute atomic E-state index is 5.48. The molecule has 0 N–H and O–H groups in total. The molecular weight excluding hydrogens is 340 g/mol. The minimum absolute atomic E-state index is 0.616. The maximum atomic E-state index is 5.48. The molecule has 1 aliphatic rings. The molecular formula is C20H18N6O. The number of rotatable bonds is 3. The molecule has 1 aliphatic heterocycles. The predicted molar refractivity (Wildman–Crippen MR) is 103 cm³/mol. The van der Waals surface area contributed by atoms with Crippen LogP contribution >= 0.6 is 0 Å². The third-order valence-electron chi connectivity index (χ3n) is 4.63. The first-order valence-electron chi connectivity index (χ1n) is 8.94. The first-order valence-corrected chi connectivity index (χ1v) is 8.94. The highest BCUT2D eigenvalue weighted by Crippen LogP contribution is 2.27. The molecule has 7 heteroatoms. The molecule has 1 fully saturated rings. The van der Waals surface area contributed by atoms with Crippen LogP contribution in [0.25, 0.3) is 28.1 Å². The molecule has 0 amide bonds. The summed E-state index contributed by atoms with van der Waals surface area (Å²) < 4.78 is 7.32. The van der Waals surface area contributed by atoms with Gasteiger partial charge in [0.1, 0.15) is 11.5 Å². The Morgan fingerprint density at radius 2 is 1.78 bits per heavy atom. The van der Waals surface area contributed by atoms with E-state index in [2.05, 4.69) is 15.0 Å². The van der Waals surface area contributed by atoms with Gasteiger partial charge < -0.3 is 9.64 Å². The van der Waals surface area contributed by atoms with Gasteiger partial charge in [0.15, 0.2) is 5.82 Å². The first kappa shape index (κ1) is 15.9.